The van der Waals surface area contributed by atoms with Gasteiger partial charge in [0.1, 0.15) is 5.15 Å². The normalized spacial score (nSPS) is 14.1. The van der Waals surface area contributed by atoms with Crippen LogP contribution in [0.5, 0.6) is 0 Å². The summed E-state index contributed by atoms with van der Waals surface area (Å²) in [5, 5.41) is 7.63. The van der Waals surface area contributed by atoms with Crippen LogP contribution in [-0.2, 0) is 9.59 Å². The van der Waals surface area contributed by atoms with Gasteiger partial charge in [-0.05, 0) is 38.0 Å². The molecule has 0 spiro atoms. The third-order valence-corrected chi connectivity index (χ3v) is 4.91. The van der Waals surface area contributed by atoms with Gasteiger partial charge in [0.25, 0.3) is 0 Å². The molecule has 0 bridgehead atoms. The van der Waals surface area contributed by atoms with Crippen LogP contribution in [0.3, 0.4) is 0 Å². The zero-order valence-corrected chi connectivity index (χ0v) is 16.1. The van der Waals surface area contributed by atoms with Crippen LogP contribution in [0.4, 0.5) is 0 Å². The first kappa shape index (κ1) is 19.2. The van der Waals surface area contributed by atoms with Gasteiger partial charge in [0, 0.05) is 37.7 Å². The van der Waals surface area contributed by atoms with E-state index in [2.05, 4.69) is 10.4 Å². The molecule has 2 amide bonds. The highest BCUT2D eigenvalue weighted by atomic mass is 35.5. The Morgan fingerprint density at radius 2 is 1.93 bits per heavy atom. The van der Waals surface area contributed by atoms with E-state index < -0.39 is 0 Å². The van der Waals surface area contributed by atoms with Crippen molar-refractivity contribution in [1.29, 1.82) is 0 Å². The number of nitrogens with zero attached hydrogens (tertiary/aromatic N) is 3. The molecule has 1 fully saturated rings. The van der Waals surface area contributed by atoms with Crippen molar-refractivity contribution in [2.45, 2.75) is 26.2 Å². The zero-order valence-electron chi connectivity index (χ0n) is 15.3. The summed E-state index contributed by atoms with van der Waals surface area (Å²) >= 11 is 6.43. The summed E-state index contributed by atoms with van der Waals surface area (Å²) in [7, 11) is 0. The number of carbonyl (C=O) groups excluding carboxylic acids is 2. The van der Waals surface area contributed by atoms with Crippen molar-refractivity contribution in [1.82, 2.24) is 20.0 Å². The molecule has 1 saturated heterocycles. The van der Waals surface area contributed by atoms with Gasteiger partial charge in [0.2, 0.25) is 11.8 Å². The van der Waals surface area contributed by atoms with E-state index in [4.69, 9.17) is 11.6 Å². The molecule has 0 atom stereocenters. The van der Waals surface area contributed by atoms with Gasteiger partial charge in [-0.15, -0.1) is 0 Å². The van der Waals surface area contributed by atoms with E-state index in [1.807, 2.05) is 42.2 Å². The minimum Gasteiger partial charge on any atom is -0.352 e. The smallest absolute Gasteiger partial charge is 0.244 e. The molecule has 0 unspecified atom stereocenters. The molecule has 0 radical (unpaired) electrons. The van der Waals surface area contributed by atoms with Gasteiger partial charge in [-0.1, -0.05) is 29.8 Å². The lowest BCUT2D eigenvalue weighted by Crippen LogP contribution is -2.32. The Bertz CT molecular complexity index is 839. The third-order valence-electron chi connectivity index (χ3n) is 4.55. The lowest BCUT2D eigenvalue weighted by atomic mass is 10.2. The van der Waals surface area contributed by atoms with Crippen LogP contribution in [0.1, 0.15) is 30.5 Å². The van der Waals surface area contributed by atoms with Gasteiger partial charge in [0.15, 0.2) is 0 Å². The highest BCUT2D eigenvalue weighted by molar-refractivity contribution is 6.31. The average Bonchev–Trinajstić information content (AvgIpc) is 3.30. The highest BCUT2D eigenvalue weighted by Crippen LogP contribution is 2.24. The Morgan fingerprint density at radius 3 is 2.63 bits per heavy atom. The number of hydrogen-bond donors (Lipinski definition) is 1. The molecule has 27 heavy (non-hydrogen) atoms. The van der Waals surface area contributed by atoms with E-state index in [-0.39, 0.29) is 11.8 Å². The van der Waals surface area contributed by atoms with Gasteiger partial charge in [-0.3, -0.25) is 9.59 Å². The maximum atomic E-state index is 12.0. The van der Waals surface area contributed by atoms with Crippen molar-refractivity contribution >= 4 is 29.5 Å². The SMILES string of the molecule is Cc1nn(-c2ccccc2)c(Cl)c1/C=C/C(=O)NCCC(=O)N1CCCC1. The van der Waals surface area contributed by atoms with Crippen molar-refractivity contribution in [2.24, 2.45) is 0 Å². The molecule has 0 saturated carbocycles. The Labute approximate surface area is 163 Å². The molecule has 6 nitrogen and oxygen atoms in total. The molecule has 1 aromatic carbocycles. The monoisotopic (exact) mass is 386 g/mol. The molecular weight excluding hydrogens is 364 g/mol. The Kier molecular flexibility index (Phi) is 6.29. The first-order valence-corrected chi connectivity index (χ1v) is 9.48. The molecule has 7 heteroatoms. The zero-order chi connectivity index (χ0) is 19.2. The lowest BCUT2D eigenvalue weighted by molar-refractivity contribution is -0.130. The molecule has 2 heterocycles. The van der Waals surface area contributed by atoms with Gasteiger partial charge >= 0.3 is 0 Å². The molecular formula is C20H23ClN4O2. The number of likely N-dealkylation sites (tertiary alicyclic amines) is 1. The Balaban J connectivity index is 1.56. The number of rotatable bonds is 6. The fourth-order valence-electron chi connectivity index (χ4n) is 3.08. The lowest BCUT2D eigenvalue weighted by Gasteiger charge is -2.14. The molecule has 2 aromatic rings. The van der Waals surface area contributed by atoms with Crippen LogP contribution in [0.2, 0.25) is 5.15 Å². The number of aryl methyl sites for hydroxylation is 1. The van der Waals surface area contributed by atoms with E-state index >= 15 is 0 Å². The predicted molar refractivity (Wildman–Crippen MR) is 106 cm³/mol. The van der Waals surface area contributed by atoms with Crippen molar-refractivity contribution in [3.63, 3.8) is 0 Å². The van der Waals surface area contributed by atoms with Gasteiger partial charge in [-0.2, -0.15) is 5.10 Å². The maximum Gasteiger partial charge on any atom is 0.244 e. The van der Waals surface area contributed by atoms with E-state index in [1.165, 1.54) is 6.08 Å². The van der Waals surface area contributed by atoms with Crippen LogP contribution >= 0.6 is 11.6 Å². The number of benzene rings is 1. The number of amides is 2. The summed E-state index contributed by atoms with van der Waals surface area (Å²) in [6.07, 6.45) is 5.54. The average molecular weight is 387 g/mol. The predicted octanol–water partition coefficient (Wildman–Crippen LogP) is 2.98. The summed E-state index contributed by atoms with van der Waals surface area (Å²) in [6, 6.07) is 9.57. The first-order valence-electron chi connectivity index (χ1n) is 9.10. The van der Waals surface area contributed by atoms with Gasteiger partial charge < -0.3 is 10.2 Å². The van der Waals surface area contributed by atoms with Gasteiger partial charge in [-0.25, -0.2) is 4.68 Å². The van der Waals surface area contributed by atoms with E-state index in [9.17, 15) is 9.59 Å². The van der Waals surface area contributed by atoms with Gasteiger partial charge in [0.05, 0.1) is 11.4 Å². The second-order valence-electron chi connectivity index (χ2n) is 6.50. The van der Waals surface area contributed by atoms with Crippen molar-refractivity contribution in [3.8, 4) is 5.69 Å². The molecule has 1 aromatic heterocycles. The standard InChI is InChI=1S/C20H23ClN4O2/c1-15-17(20(21)25(23-15)16-7-3-2-4-8-16)9-10-18(26)22-12-11-19(27)24-13-5-6-14-24/h2-4,7-10H,5-6,11-14H2,1H3,(H,22,26)/b10-9+. The van der Waals surface area contributed by atoms with Crippen LogP contribution in [0.25, 0.3) is 11.8 Å². The van der Waals surface area contributed by atoms with Crippen molar-refractivity contribution < 1.29 is 9.59 Å². The van der Waals surface area contributed by atoms with Crippen LogP contribution in [-0.4, -0.2) is 46.1 Å². The first-order chi connectivity index (χ1) is 13.1. The third kappa shape index (κ3) is 4.77. The van der Waals surface area contributed by atoms with Crippen LogP contribution < -0.4 is 5.32 Å². The minimum absolute atomic E-state index is 0.0970. The summed E-state index contributed by atoms with van der Waals surface area (Å²) in [4.78, 5) is 25.8. The summed E-state index contributed by atoms with van der Waals surface area (Å²) in [5.41, 5.74) is 2.29. The summed E-state index contributed by atoms with van der Waals surface area (Å²) in [6.45, 7) is 3.83. The molecule has 142 valence electrons. The summed E-state index contributed by atoms with van der Waals surface area (Å²) in [5.74, 6) is -0.160. The quantitative estimate of drug-likeness (QED) is 0.776. The fraction of sp³-hybridized carbons (Fsp3) is 0.350. The molecule has 1 aliphatic heterocycles. The van der Waals surface area contributed by atoms with Crippen molar-refractivity contribution in [3.05, 3.63) is 52.8 Å². The Morgan fingerprint density at radius 1 is 1.22 bits per heavy atom. The van der Waals surface area contributed by atoms with Crippen molar-refractivity contribution in [2.75, 3.05) is 19.6 Å². The second kappa shape index (κ2) is 8.86. The number of para-hydroxylation sites is 1. The number of halogens is 1. The molecule has 0 aliphatic carbocycles. The summed E-state index contributed by atoms with van der Waals surface area (Å²) < 4.78 is 1.64. The largest absolute Gasteiger partial charge is 0.352 e. The van der Waals surface area contributed by atoms with E-state index in [0.717, 1.165) is 37.3 Å². The van der Waals surface area contributed by atoms with Crippen LogP contribution in [0.15, 0.2) is 36.4 Å². The maximum absolute atomic E-state index is 12.0. The topological polar surface area (TPSA) is 67.2 Å². The van der Waals surface area contributed by atoms with E-state index in [0.29, 0.717) is 23.7 Å². The molecule has 1 aliphatic rings. The number of carbonyl (C=O) groups is 2. The fourth-order valence-corrected chi connectivity index (χ4v) is 3.41. The second-order valence-corrected chi connectivity index (χ2v) is 6.86. The minimum atomic E-state index is -0.257. The van der Waals surface area contributed by atoms with Crippen LogP contribution in [0, 0.1) is 6.92 Å². The number of aromatic nitrogens is 2. The highest BCUT2D eigenvalue weighted by Gasteiger charge is 2.17. The van der Waals surface area contributed by atoms with E-state index in [1.54, 1.807) is 10.8 Å². The number of nitrogens with one attached hydrogen (secondary N) is 1. The molecule has 1 N–H and O–H groups in total. The molecule has 3 rings (SSSR count). The number of hydrogen-bond acceptors (Lipinski definition) is 3. The Hall–Kier alpha value is -2.60.